The first-order valence-corrected chi connectivity index (χ1v) is 7.80. The van der Waals surface area contributed by atoms with Crippen molar-refractivity contribution in [3.63, 3.8) is 0 Å². The number of hydrogen-bond acceptors (Lipinski definition) is 8. The van der Waals surface area contributed by atoms with Crippen molar-refractivity contribution in [3.05, 3.63) is 40.1 Å². The number of nitrogens with zero attached hydrogens (tertiary/aromatic N) is 1. The molecule has 25 heavy (non-hydrogen) atoms. The molecule has 0 aliphatic carbocycles. The van der Waals surface area contributed by atoms with Crippen LogP contribution >= 0.6 is 0 Å². The molecule has 1 aliphatic rings. The molecule has 0 aromatic heterocycles. The zero-order valence-electron chi connectivity index (χ0n) is 13.9. The highest BCUT2D eigenvalue weighted by Crippen LogP contribution is 2.31. The van der Waals surface area contributed by atoms with E-state index in [0.29, 0.717) is 11.4 Å². The predicted molar refractivity (Wildman–Crippen MR) is 90.1 cm³/mol. The Morgan fingerprint density at radius 3 is 2.56 bits per heavy atom. The number of nitrogens with one attached hydrogen (secondary N) is 2. The molecule has 1 aliphatic heterocycles. The normalized spacial score (nSPS) is 15.6. The SMILES string of the molecule is CCOC(=O)CC1Nc2ccc([N+](=O)[O-])cc2NC=C1C(=O)OCC. The zero-order chi connectivity index (χ0) is 18.4. The fourth-order valence-corrected chi connectivity index (χ4v) is 2.38. The van der Waals surface area contributed by atoms with Crippen molar-refractivity contribution in [1.29, 1.82) is 0 Å². The van der Waals surface area contributed by atoms with Gasteiger partial charge in [-0.1, -0.05) is 0 Å². The van der Waals surface area contributed by atoms with Crippen molar-refractivity contribution in [1.82, 2.24) is 0 Å². The summed E-state index contributed by atoms with van der Waals surface area (Å²) >= 11 is 0. The number of non-ortho nitro benzene ring substituents is 1. The Labute approximate surface area is 144 Å². The van der Waals surface area contributed by atoms with Crippen LogP contribution in [0.5, 0.6) is 0 Å². The van der Waals surface area contributed by atoms with Gasteiger partial charge in [0, 0.05) is 18.3 Å². The molecule has 0 saturated carbocycles. The number of rotatable bonds is 6. The van der Waals surface area contributed by atoms with Gasteiger partial charge in [-0.15, -0.1) is 0 Å². The minimum absolute atomic E-state index is 0.0867. The molecular formula is C16H19N3O6. The number of hydrogen-bond donors (Lipinski definition) is 2. The van der Waals surface area contributed by atoms with Crippen LogP contribution in [0.15, 0.2) is 30.0 Å². The first-order valence-electron chi connectivity index (χ1n) is 7.80. The molecule has 0 saturated heterocycles. The van der Waals surface area contributed by atoms with E-state index >= 15 is 0 Å². The van der Waals surface area contributed by atoms with Gasteiger partial charge in [0.05, 0.1) is 47.5 Å². The number of esters is 2. The minimum atomic E-state index is -0.687. The molecule has 1 aromatic rings. The fourth-order valence-electron chi connectivity index (χ4n) is 2.38. The third kappa shape index (κ3) is 4.46. The van der Waals surface area contributed by atoms with E-state index in [2.05, 4.69) is 10.6 Å². The number of fused-ring (bicyclic) bond motifs is 1. The van der Waals surface area contributed by atoms with Crippen molar-refractivity contribution in [2.45, 2.75) is 26.3 Å². The van der Waals surface area contributed by atoms with Crippen molar-refractivity contribution in [2.24, 2.45) is 0 Å². The summed E-state index contributed by atoms with van der Waals surface area (Å²) in [6.07, 6.45) is 1.31. The van der Waals surface area contributed by atoms with E-state index in [0.717, 1.165) is 0 Å². The van der Waals surface area contributed by atoms with Gasteiger partial charge >= 0.3 is 11.9 Å². The van der Waals surface area contributed by atoms with Crippen LogP contribution in [0.1, 0.15) is 20.3 Å². The van der Waals surface area contributed by atoms with Crippen molar-refractivity contribution in [3.8, 4) is 0 Å². The van der Waals surface area contributed by atoms with Crippen molar-refractivity contribution < 1.29 is 24.0 Å². The smallest absolute Gasteiger partial charge is 0.337 e. The molecule has 9 nitrogen and oxygen atoms in total. The third-order valence-corrected chi connectivity index (χ3v) is 3.49. The van der Waals surface area contributed by atoms with Crippen LogP contribution in [0.2, 0.25) is 0 Å². The first kappa shape index (κ1) is 18.2. The number of carbonyl (C=O) groups excluding carboxylic acids is 2. The van der Waals surface area contributed by atoms with Gasteiger partial charge < -0.3 is 20.1 Å². The van der Waals surface area contributed by atoms with E-state index in [1.54, 1.807) is 13.8 Å². The Hall–Kier alpha value is -3.10. The fraction of sp³-hybridized carbons (Fsp3) is 0.375. The van der Waals surface area contributed by atoms with Crippen LogP contribution in [-0.2, 0) is 19.1 Å². The molecule has 2 N–H and O–H groups in total. The molecule has 2 rings (SSSR count). The Morgan fingerprint density at radius 2 is 1.92 bits per heavy atom. The lowest BCUT2D eigenvalue weighted by Gasteiger charge is -2.19. The van der Waals surface area contributed by atoms with Crippen LogP contribution in [-0.4, -0.2) is 36.1 Å². The summed E-state index contributed by atoms with van der Waals surface area (Å²) in [4.78, 5) is 34.5. The molecule has 0 spiro atoms. The average molecular weight is 349 g/mol. The number of carbonyl (C=O) groups is 2. The van der Waals surface area contributed by atoms with Crippen molar-refractivity contribution >= 4 is 29.0 Å². The summed E-state index contributed by atoms with van der Waals surface area (Å²) in [6.45, 7) is 3.77. The molecule has 1 atom stereocenters. The summed E-state index contributed by atoms with van der Waals surface area (Å²) in [7, 11) is 0. The summed E-state index contributed by atoms with van der Waals surface area (Å²) in [5.74, 6) is -1.06. The molecule has 0 radical (unpaired) electrons. The quantitative estimate of drug-likeness (QED) is 0.456. The van der Waals surface area contributed by atoms with Gasteiger partial charge in [0.15, 0.2) is 0 Å². The largest absolute Gasteiger partial charge is 0.466 e. The van der Waals surface area contributed by atoms with E-state index in [1.807, 2.05) is 0 Å². The molecule has 1 heterocycles. The number of anilines is 2. The standard InChI is InChI=1S/C16H19N3O6/c1-3-24-15(20)8-13-11(16(21)25-4-2)9-17-14-7-10(19(22)23)5-6-12(14)18-13/h5-7,9,13,17-18H,3-4,8H2,1-2H3. The summed E-state index contributed by atoms with van der Waals surface area (Å²) < 4.78 is 9.97. The number of nitro groups is 1. The van der Waals surface area contributed by atoms with Gasteiger partial charge in [-0.05, 0) is 19.9 Å². The maximum Gasteiger partial charge on any atom is 0.337 e. The van der Waals surface area contributed by atoms with Gasteiger partial charge in [-0.25, -0.2) is 4.79 Å². The Balaban J connectivity index is 2.34. The second kappa shape index (κ2) is 8.13. The zero-order valence-corrected chi connectivity index (χ0v) is 13.9. The van der Waals surface area contributed by atoms with Crippen LogP contribution in [0.3, 0.4) is 0 Å². The van der Waals surface area contributed by atoms with E-state index in [4.69, 9.17) is 9.47 Å². The third-order valence-electron chi connectivity index (χ3n) is 3.49. The Kier molecular flexibility index (Phi) is 5.93. The molecule has 0 fully saturated rings. The van der Waals surface area contributed by atoms with Crippen molar-refractivity contribution in [2.75, 3.05) is 23.8 Å². The maximum atomic E-state index is 12.2. The molecule has 1 unspecified atom stereocenters. The van der Waals surface area contributed by atoms with Gasteiger partial charge in [-0.2, -0.15) is 0 Å². The van der Waals surface area contributed by atoms with Gasteiger partial charge in [0.1, 0.15) is 0 Å². The van der Waals surface area contributed by atoms with E-state index in [-0.39, 0.29) is 30.9 Å². The minimum Gasteiger partial charge on any atom is -0.466 e. The summed E-state index contributed by atoms with van der Waals surface area (Å²) in [5.41, 5.74) is 1.05. The monoisotopic (exact) mass is 349 g/mol. The molecule has 1 aromatic carbocycles. The number of nitro benzene ring substituents is 1. The first-order chi connectivity index (χ1) is 12.0. The highest BCUT2D eigenvalue weighted by atomic mass is 16.6. The Bertz CT molecular complexity index is 716. The molecule has 0 bridgehead atoms. The predicted octanol–water partition coefficient (Wildman–Crippen LogP) is 2.20. The van der Waals surface area contributed by atoms with E-state index in [9.17, 15) is 19.7 Å². The lowest BCUT2D eigenvalue weighted by molar-refractivity contribution is -0.384. The van der Waals surface area contributed by atoms with Crippen LogP contribution < -0.4 is 10.6 Å². The average Bonchev–Trinajstić information content (AvgIpc) is 2.73. The Morgan fingerprint density at radius 1 is 1.20 bits per heavy atom. The summed E-state index contributed by atoms with van der Waals surface area (Å²) in [6, 6.07) is 3.51. The second-order valence-electron chi connectivity index (χ2n) is 5.16. The number of benzene rings is 1. The van der Waals surface area contributed by atoms with Gasteiger partial charge in [0.25, 0.3) is 5.69 Å². The second-order valence-corrected chi connectivity index (χ2v) is 5.16. The lowest BCUT2D eigenvalue weighted by atomic mass is 10.0. The topological polar surface area (TPSA) is 120 Å². The van der Waals surface area contributed by atoms with Gasteiger partial charge in [0.2, 0.25) is 0 Å². The van der Waals surface area contributed by atoms with E-state index in [1.165, 1.54) is 24.4 Å². The van der Waals surface area contributed by atoms with Gasteiger partial charge in [-0.3, -0.25) is 14.9 Å². The molecule has 0 amide bonds. The summed E-state index contributed by atoms with van der Waals surface area (Å²) in [5, 5.41) is 16.8. The highest BCUT2D eigenvalue weighted by Gasteiger charge is 2.28. The molecule has 9 heteroatoms. The van der Waals surface area contributed by atoms with E-state index < -0.39 is 22.9 Å². The number of ether oxygens (including phenoxy) is 2. The molecular weight excluding hydrogens is 330 g/mol. The molecule has 134 valence electrons. The van der Waals surface area contributed by atoms with Crippen LogP contribution in [0, 0.1) is 10.1 Å². The highest BCUT2D eigenvalue weighted by molar-refractivity contribution is 5.94. The lowest BCUT2D eigenvalue weighted by Crippen LogP contribution is -2.30. The van der Waals surface area contributed by atoms with Crippen LogP contribution in [0.25, 0.3) is 0 Å². The van der Waals surface area contributed by atoms with Crippen LogP contribution in [0.4, 0.5) is 17.1 Å². The maximum absolute atomic E-state index is 12.2.